The number of amides is 1. The lowest BCUT2D eigenvalue weighted by molar-refractivity contribution is -0.168. The predicted molar refractivity (Wildman–Crippen MR) is 136 cm³/mol. The van der Waals surface area contributed by atoms with Gasteiger partial charge in [0.1, 0.15) is 11.3 Å². The van der Waals surface area contributed by atoms with Crippen LogP contribution in [0, 0.1) is 17.8 Å². The molecule has 36 heavy (non-hydrogen) atoms. The molecule has 0 radical (unpaired) electrons. The minimum atomic E-state index is -0.611. The highest BCUT2D eigenvalue weighted by Crippen LogP contribution is 2.31. The Morgan fingerprint density at radius 3 is 2.61 bits per heavy atom. The lowest BCUT2D eigenvalue weighted by Gasteiger charge is -2.32. The van der Waals surface area contributed by atoms with Crippen LogP contribution in [-0.4, -0.2) is 49.3 Å². The summed E-state index contributed by atoms with van der Waals surface area (Å²) in [6, 6.07) is 9.63. The van der Waals surface area contributed by atoms with Gasteiger partial charge in [-0.25, -0.2) is 14.6 Å². The first-order valence-electron chi connectivity index (χ1n) is 12.1. The molecule has 1 aliphatic rings. The SMILES string of the molecule is CCOC1OCC(C(=O)OC)=C(C#Cc2nc3ccccc3cc2CNC(=O)OC(C)(C)C)C1CC. The second kappa shape index (κ2) is 12.0. The lowest BCUT2D eigenvalue weighted by atomic mass is 9.89. The molecule has 0 bridgehead atoms. The Labute approximate surface area is 212 Å². The number of hydrogen-bond acceptors (Lipinski definition) is 7. The minimum absolute atomic E-state index is 0.0516. The maximum absolute atomic E-state index is 12.5. The normalized spacial score (nSPS) is 17.8. The fraction of sp³-hybridized carbons (Fsp3) is 0.464. The summed E-state index contributed by atoms with van der Waals surface area (Å²) in [4.78, 5) is 29.5. The average Bonchev–Trinajstić information content (AvgIpc) is 2.84. The summed E-state index contributed by atoms with van der Waals surface area (Å²) >= 11 is 0. The molecule has 0 saturated heterocycles. The fourth-order valence-corrected chi connectivity index (χ4v) is 3.92. The van der Waals surface area contributed by atoms with E-state index >= 15 is 0 Å². The number of alkyl carbamates (subject to hydrolysis) is 1. The quantitative estimate of drug-likeness (QED) is 0.467. The first kappa shape index (κ1) is 27.2. The topological polar surface area (TPSA) is 96.0 Å². The molecule has 0 fully saturated rings. The summed E-state index contributed by atoms with van der Waals surface area (Å²) in [7, 11) is 1.33. The van der Waals surface area contributed by atoms with E-state index in [2.05, 4.69) is 17.2 Å². The third kappa shape index (κ3) is 6.84. The fourth-order valence-electron chi connectivity index (χ4n) is 3.92. The monoisotopic (exact) mass is 494 g/mol. The van der Waals surface area contributed by atoms with E-state index in [1.165, 1.54) is 7.11 Å². The van der Waals surface area contributed by atoms with Crippen LogP contribution in [0.2, 0.25) is 0 Å². The van der Waals surface area contributed by atoms with E-state index in [1.54, 1.807) is 20.8 Å². The number of para-hydroxylation sites is 1. The van der Waals surface area contributed by atoms with Crippen molar-refractivity contribution in [3.8, 4) is 11.8 Å². The highest BCUT2D eigenvalue weighted by atomic mass is 16.7. The van der Waals surface area contributed by atoms with Crippen LogP contribution in [0.4, 0.5) is 4.79 Å². The maximum Gasteiger partial charge on any atom is 0.407 e. The molecule has 1 N–H and O–H groups in total. The zero-order valence-corrected chi connectivity index (χ0v) is 21.8. The standard InChI is InChI=1S/C28H34N2O6/c1-7-20-21(22(25(31)33-6)17-35-26(20)34-8-2)13-14-24-19(16-29-27(32)36-28(3,4)5)15-18-11-9-10-12-23(18)30-24/h9-12,15,20,26H,7-8,16-17H2,1-6H3,(H,29,32). The van der Waals surface area contributed by atoms with E-state index in [-0.39, 0.29) is 19.1 Å². The summed E-state index contributed by atoms with van der Waals surface area (Å²) in [5, 5.41) is 3.71. The molecular weight excluding hydrogens is 460 g/mol. The summed E-state index contributed by atoms with van der Waals surface area (Å²) in [5.41, 5.74) is 2.39. The van der Waals surface area contributed by atoms with Gasteiger partial charge in [-0.05, 0) is 52.2 Å². The highest BCUT2D eigenvalue weighted by Gasteiger charge is 2.34. The van der Waals surface area contributed by atoms with Gasteiger partial charge in [0.25, 0.3) is 0 Å². The van der Waals surface area contributed by atoms with Crippen LogP contribution in [0.25, 0.3) is 10.9 Å². The summed E-state index contributed by atoms with van der Waals surface area (Å²) in [6.07, 6.45) is -0.372. The smallest absolute Gasteiger partial charge is 0.407 e. The van der Waals surface area contributed by atoms with Gasteiger partial charge in [-0.1, -0.05) is 31.0 Å². The maximum atomic E-state index is 12.5. The van der Waals surface area contributed by atoms with Crippen LogP contribution in [0.1, 0.15) is 52.3 Å². The number of rotatable bonds is 6. The van der Waals surface area contributed by atoms with Gasteiger partial charge in [0.05, 0.1) is 24.8 Å². The second-order valence-electron chi connectivity index (χ2n) is 9.33. The Morgan fingerprint density at radius 1 is 1.19 bits per heavy atom. The molecule has 1 amide bonds. The van der Waals surface area contributed by atoms with Gasteiger partial charge in [0.2, 0.25) is 0 Å². The van der Waals surface area contributed by atoms with Crippen molar-refractivity contribution >= 4 is 23.0 Å². The van der Waals surface area contributed by atoms with E-state index in [9.17, 15) is 9.59 Å². The molecule has 1 aromatic carbocycles. The van der Waals surface area contributed by atoms with Gasteiger partial charge in [-0.2, -0.15) is 0 Å². The predicted octanol–water partition coefficient (Wildman–Crippen LogP) is 4.50. The van der Waals surface area contributed by atoms with Crippen LogP contribution in [0.15, 0.2) is 41.5 Å². The summed E-state index contributed by atoms with van der Waals surface area (Å²) < 4.78 is 21.9. The van der Waals surface area contributed by atoms with Gasteiger partial charge in [0, 0.05) is 35.6 Å². The number of esters is 1. The zero-order valence-electron chi connectivity index (χ0n) is 21.8. The number of fused-ring (bicyclic) bond motifs is 1. The lowest BCUT2D eigenvalue weighted by Crippen LogP contribution is -2.36. The molecule has 2 aromatic rings. The number of hydrogen-bond donors (Lipinski definition) is 1. The van der Waals surface area contributed by atoms with Gasteiger partial charge in [0.15, 0.2) is 6.29 Å². The van der Waals surface area contributed by atoms with E-state index in [4.69, 9.17) is 23.9 Å². The number of methoxy groups -OCH3 is 1. The number of pyridine rings is 1. The van der Waals surface area contributed by atoms with Crippen molar-refractivity contribution < 1.29 is 28.5 Å². The molecular formula is C28H34N2O6. The first-order valence-corrected chi connectivity index (χ1v) is 12.1. The molecule has 2 atom stereocenters. The van der Waals surface area contributed by atoms with Crippen LogP contribution >= 0.6 is 0 Å². The number of nitrogens with zero attached hydrogens (tertiary/aromatic N) is 1. The molecule has 8 nitrogen and oxygen atoms in total. The summed E-state index contributed by atoms with van der Waals surface area (Å²) in [5.74, 6) is 5.63. The zero-order chi connectivity index (χ0) is 26.3. The number of aromatic nitrogens is 1. The molecule has 2 unspecified atom stereocenters. The molecule has 0 aliphatic carbocycles. The molecule has 0 saturated carbocycles. The highest BCUT2D eigenvalue weighted by molar-refractivity contribution is 5.91. The van der Waals surface area contributed by atoms with Crippen LogP contribution < -0.4 is 5.32 Å². The van der Waals surface area contributed by atoms with E-state index in [1.807, 2.05) is 44.2 Å². The van der Waals surface area contributed by atoms with Gasteiger partial charge in [-0.3, -0.25) is 0 Å². The van der Waals surface area contributed by atoms with Gasteiger partial charge >= 0.3 is 12.1 Å². The Bertz CT molecular complexity index is 1200. The molecule has 1 aromatic heterocycles. The van der Waals surface area contributed by atoms with Gasteiger partial charge in [-0.15, -0.1) is 0 Å². The third-order valence-corrected chi connectivity index (χ3v) is 5.56. The van der Waals surface area contributed by atoms with E-state index < -0.39 is 24.0 Å². The molecule has 3 rings (SSSR count). The van der Waals surface area contributed by atoms with Gasteiger partial charge < -0.3 is 24.3 Å². The first-order chi connectivity index (χ1) is 17.2. The number of carbonyl (C=O) groups is 2. The summed E-state index contributed by atoms with van der Waals surface area (Å²) in [6.45, 7) is 10.0. The Hall–Kier alpha value is -3.41. The van der Waals surface area contributed by atoms with Crippen LogP contribution in [0.5, 0.6) is 0 Å². The average molecular weight is 495 g/mol. The molecule has 8 heteroatoms. The van der Waals surface area contributed by atoms with Crippen LogP contribution in [-0.2, 0) is 30.3 Å². The Kier molecular flexibility index (Phi) is 9.08. The molecule has 0 spiro atoms. The number of benzene rings is 1. The van der Waals surface area contributed by atoms with Crippen molar-refractivity contribution in [1.82, 2.24) is 10.3 Å². The minimum Gasteiger partial charge on any atom is -0.466 e. The Morgan fingerprint density at radius 2 is 1.94 bits per heavy atom. The Balaban J connectivity index is 2.04. The van der Waals surface area contributed by atoms with Crippen molar-refractivity contribution in [3.63, 3.8) is 0 Å². The van der Waals surface area contributed by atoms with Crippen LogP contribution in [0.3, 0.4) is 0 Å². The molecule has 192 valence electrons. The van der Waals surface area contributed by atoms with E-state index in [0.29, 0.717) is 29.9 Å². The number of carbonyl (C=O) groups excluding carboxylic acids is 2. The molecule has 2 heterocycles. The number of nitrogens with one attached hydrogen (secondary N) is 1. The van der Waals surface area contributed by atoms with Crippen molar-refractivity contribution in [2.45, 2.75) is 59.5 Å². The largest absolute Gasteiger partial charge is 0.466 e. The third-order valence-electron chi connectivity index (χ3n) is 5.56. The molecule has 1 aliphatic heterocycles. The van der Waals surface area contributed by atoms with Crippen molar-refractivity contribution in [2.75, 3.05) is 20.3 Å². The second-order valence-corrected chi connectivity index (χ2v) is 9.33. The van der Waals surface area contributed by atoms with Crippen molar-refractivity contribution in [3.05, 3.63) is 52.7 Å². The number of ether oxygens (including phenoxy) is 4. The van der Waals surface area contributed by atoms with E-state index in [0.717, 1.165) is 16.5 Å². The van der Waals surface area contributed by atoms with Crippen molar-refractivity contribution in [2.24, 2.45) is 5.92 Å². The van der Waals surface area contributed by atoms with Crippen molar-refractivity contribution in [1.29, 1.82) is 0 Å².